The maximum Gasteiger partial charge on any atom is 0.270 e. The Labute approximate surface area is 264 Å². The molecule has 0 spiro atoms. The van der Waals surface area contributed by atoms with Crippen molar-refractivity contribution >= 4 is 33.2 Å². The molecule has 236 valence electrons. The van der Waals surface area contributed by atoms with E-state index in [0.29, 0.717) is 30.9 Å². The number of hydrogen-bond acceptors (Lipinski definition) is 7. The maximum absolute atomic E-state index is 15.7. The van der Waals surface area contributed by atoms with Gasteiger partial charge < -0.3 is 19.3 Å². The van der Waals surface area contributed by atoms with Crippen LogP contribution in [0.25, 0.3) is 0 Å². The molecule has 1 saturated heterocycles. The summed E-state index contributed by atoms with van der Waals surface area (Å²) in [6.07, 6.45) is 2.56. The Morgan fingerprint density at radius 1 is 0.977 bits per heavy atom. The molecule has 0 bridgehead atoms. The number of ether oxygens (including phenoxy) is 2. The van der Waals surface area contributed by atoms with Gasteiger partial charge in [0.2, 0.25) is 0 Å². The van der Waals surface area contributed by atoms with Gasteiger partial charge in [-0.1, -0.05) is 43.1 Å². The van der Waals surface area contributed by atoms with Crippen LogP contribution < -0.4 is 13.8 Å². The highest BCUT2D eigenvalue weighted by Crippen LogP contribution is 2.53. The second-order valence-corrected chi connectivity index (χ2v) is 13.6. The van der Waals surface area contributed by atoms with E-state index in [1.807, 2.05) is 0 Å². The number of unbranched alkanes of at least 4 members (excludes halogenated alkanes) is 1. The third-order valence-corrected chi connectivity index (χ3v) is 10.6. The van der Waals surface area contributed by atoms with Crippen LogP contribution in [0.5, 0.6) is 11.5 Å². The number of carbonyl (C=O) groups is 1. The summed E-state index contributed by atoms with van der Waals surface area (Å²) < 4.78 is 56.3. The Hall–Kier alpha value is -3.18. The first-order chi connectivity index (χ1) is 21.1. The summed E-state index contributed by atoms with van der Waals surface area (Å²) in [5, 5.41) is 0.201. The van der Waals surface area contributed by atoms with Crippen molar-refractivity contribution in [2.24, 2.45) is 0 Å². The predicted octanol–water partition coefficient (Wildman–Crippen LogP) is 5.72. The molecule has 1 atom stereocenters. The van der Waals surface area contributed by atoms with Gasteiger partial charge >= 0.3 is 0 Å². The van der Waals surface area contributed by atoms with Gasteiger partial charge in [-0.15, -0.1) is 0 Å². The number of rotatable bonds is 12. The fourth-order valence-corrected chi connectivity index (χ4v) is 7.79. The molecule has 2 aliphatic rings. The monoisotopic (exact) mass is 643 g/mol. The van der Waals surface area contributed by atoms with E-state index in [1.165, 1.54) is 31.4 Å². The Morgan fingerprint density at radius 2 is 1.68 bits per heavy atom. The van der Waals surface area contributed by atoms with E-state index in [2.05, 4.69) is 23.8 Å². The normalized spacial score (nSPS) is 19.3. The van der Waals surface area contributed by atoms with Crippen LogP contribution in [0.4, 0.5) is 10.1 Å². The average molecular weight is 644 g/mol. The summed E-state index contributed by atoms with van der Waals surface area (Å²) in [6.45, 7) is 6.89. The van der Waals surface area contributed by atoms with Crippen molar-refractivity contribution < 1.29 is 27.1 Å². The van der Waals surface area contributed by atoms with Crippen molar-refractivity contribution in [3.8, 4) is 11.5 Å². The van der Waals surface area contributed by atoms with Gasteiger partial charge in [-0.2, -0.15) is 0 Å². The number of halogens is 2. The molecule has 44 heavy (non-hydrogen) atoms. The van der Waals surface area contributed by atoms with Crippen molar-refractivity contribution in [2.45, 2.75) is 42.9 Å². The average Bonchev–Trinajstić information content (AvgIpc) is 3.25. The largest absolute Gasteiger partial charge is 0.495 e. The molecular weight excluding hydrogens is 605 g/mol. The summed E-state index contributed by atoms with van der Waals surface area (Å²) >= 11 is 6.60. The minimum atomic E-state index is -4.43. The highest BCUT2D eigenvalue weighted by Gasteiger charge is 2.57. The van der Waals surface area contributed by atoms with E-state index in [0.717, 1.165) is 43.3 Å². The van der Waals surface area contributed by atoms with E-state index in [4.69, 9.17) is 21.1 Å². The lowest BCUT2D eigenvalue weighted by molar-refractivity contribution is -0.121. The Balaban J connectivity index is 1.60. The summed E-state index contributed by atoms with van der Waals surface area (Å²) in [7, 11) is -0.934. The predicted molar refractivity (Wildman–Crippen MR) is 170 cm³/mol. The van der Waals surface area contributed by atoms with Gasteiger partial charge in [0.1, 0.15) is 22.7 Å². The maximum atomic E-state index is 15.7. The van der Waals surface area contributed by atoms with Gasteiger partial charge in [0.15, 0.2) is 0 Å². The lowest BCUT2D eigenvalue weighted by Crippen LogP contribution is -2.46. The second-order valence-electron chi connectivity index (χ2n) is 11.4. The molecule has 0 radical (unpaired) electrons. The number of anilines is 1. The van der Waals surface area contributed by atoms with E-state index in [-0.39, 0.29) is 33.3 Å². The zero-order valence-corrected chi connectivity index (χ0v) is 27.0. The number of hydrogen-bond donors (Lipinski definition) is 0. The number of carbonyl (C=O) groups excluding carboxylic acids is 1. The van der Waals surface area contributed by atoms with E-state index in [9.17, 15) is 13.2 Å². The molecule has 1 fully saturated rings. The van der Waals surface area contributed by atoms with Crippen molar-refractivity contribution in [3.63, 3.8) is 0 Å². The molecule has 0 N–H and O–H groups in total. The van der Waals surface area contributed by atoms with Crippen molar-refractivity contribution in [2.75, 3.05) is 57.8 Å². The van der Waals surface area contributed by atoms with Crippen LogP contribution in [0.3, 0.4) is 0 Å². The van der Waals surface area contributed by atoms with Crippen LogP contribution in [0.1, 0.15) is 43.7 Å². The number of likely N-dealkylation sites (N-methyl/N-ethyl adjacent to an activating group) is 1. The van der Waals surface area contributed by atoms with Crippen LogP contribution in [0.2, 0.25) is 5.02 Å². The highest BCUT2D eigenvalue weighted by molar-refractivity contribution is 7.93. The Kier molecular flexibility index (Phi) is 9.84. The number of fused-ring (bicyclic) bond motifs is 1. The fraction of sp³-hybridized carbons (Fsp3) is 0.424. The minimum absolute atomic E-state index is 0.0877. The summed E-state index contributed by atoms with van der Waals surface area (Å²) in [5.41, 5.74) is -1.08. The first-order valence-electron chi connectivity index (χ1n) is 15.0. The van der Waals surface area contributed by atoms with Crippen LogP contribution >= 0.6 is 11.6 Å². The lowest BCUT2D eigenvalue weighted by Gasteiger charge is -2.34. The molecule has 2 aliphatic heterocycles. The SMILES string of the molecule is CCCCOc1ccc(S(=O)(=O)N2C(=O)C(CCCN3CCN(C)CC3)(c3ccccc3F)c3cc(Cl)c(OC)cc32)cc1. The van der Waals surface area contributed by atoms with Crippen LogP contribution in [0.15, 0.2) is 65.6 Å². The van der Waals surface area contributed by atoms with Gasteiger partial charge in [0.25, 0.3) is 15.9 Å². The standard InChI is InChI=1S/C33H39ClFN3O5S/c1-4-5-21-43-24-11-13-25(14-12-24)44(40,41)38-30-23-31(42-3)28(34)22-27(30)33(32(38)39,26-9-6-7-10-29(26)35)15-8-16-37-19-17-36(2)18-20-37/h6-7,9-14,22-23H,4-5,8,15-21H2,1-3H3. The molecule has 11 heteroatoms. The van der Waals surface area contributed by atoms with Crippen LogP contribution in [0, 0.1) is 5.82 Å². The fourth-order valence-electron chi connectivity index (χ4n) is 6.08. The smallest absolute Gasteiger partial charge is 0.270 e. The van der Waals surface area contributed by atoms with E-state index in [1.54, 1.807) is 36.4 Å². The van der Waals surface area contributed by atoms with Crippen molar-refractivity contribution in [1.29, 1.82) is 0 Å². The lowest BCUT2D eigenvalue weighted by atomic mass is 9.72. The van der Waals surface area contributed by atoms with Gasteiger partial charge in [0.05, 0.1) is 29.3 Å². The third kappa shape index (κ3) is 6.05. The molecule has 2 heterocycles. The van der Waals surface area contributed by atoms with Gasteiger partial charge in [0, 0.05) is 37.8 Å². The summed E-state index contributed by atoms with van der Waals surface area (Å²) in [4.78, 5) is 19.3. The highest BCUT2D eigenvalue weighted by atomic mass is 35.5. The van der Waals surface area contributed by atoms with Gasteiger partial charge in [-0.05, 0) is 74.8 Å². The third-order valence-electron chi connectivity index (χ3n) is 8.58. The van der Waals surface area contributed by atoms with Gasteiger partial charge in [-0.3, -0.25) is 4.79 Å². The van der Waals surface area contributed by atoms with Crippen LogP contribution in [-0.4, -0.2) is 77.6 Å². The number of amides is 1. The zero-order chi connectivity index (χ0) is 31.5. The molecule has 1 amide bonds. The molecule has 3 aromatic rings. The number of nitrogens with zero attached hydrogens (tertiary/aromatic N) is 3. The summed E-state index contributed by atoms with van der Waals surface area (Å²) in [6, 6.07) is 15.1. The molecule has 3 aromatic carbocycles. The van der Waals surface area contributed by atoms with Crippen LogP contribution in [-0.2, 0) is 20.2 Å². The van der Waals surface area contributed by atoms with Gasteiger partial charge in [-0.25, -0.2) is 17.1 Å². The zero-order valence-electron chi connectivity index (χ0n) is 25.4. The number of methoxy groups -OCH3 is 1. The molecule has 0 aromatic heterocycles. The topological polar surface area (TPSA) is 79.4 Å². The first kappa shape index (κ1) is 32.2. The van der Waals surface area contributed by atoms with E-state index >= 15 is 4.39 Å². The molecule has 1 unspecified atom stereocenters. The number of piperazine rings is 1. The summed E-state index contributed by atoms with van der Waals surface area (Å²) in [5.74, 6) is -0.599. The molecule has 5 rings (SSSR count). The molecule has 8 nitrogen and oxygen atoms in total. The first-order valence-corrected chi connectivity index (χ1v) is 16.8. The minimum Gasteiger partial charge on any atom is -0.495 e. The second kappa shape index (κ2) is 13.4. The Bertz CT molecular complexity index is 1600. The molecule has 0 saturated carbocycles. The Morgan fingerprint density at radius 3 is 2.34 bits per heavy atom. The van der Waals surface area contributed by atoms with E-state index < -0.39 is 27.2 Å². The number of benzene rings is 3. The number of sulfonamides is 1. The molecule has 0 aliphatic carbocycles. The van der Waals surface area contributed by atoms with Crippen molar-refractivity contribution in [3.05, 3.63) is 82.6 Å². The molecular formula is C33H39ClFN3O5S. The van der Waals surface area contributed by atoms with Crippen molar-refractivity contribution in [1.82, 2.24) is 9.80 Å². The quantitative estimate of drug-likeness (QED) is 0.234.